The Morgan fingerprint density at radius 2 is 0.744 bits per heavy atom. The molecule has 0 amide bonds. The number of hydrogen-bond donors (Lipinski definition) is 0. The van der Waals surface area contributed by atoms with E-state index in [1.54, 1.807) is 18.2 Å². The minimum absolute atomic E-state index is 0. The molecule has 435 valence electrons. The molecule has 0 saturated heterocycles. The number of aromatic nitrogens is 7. The fourth-order valence-corrected chi connectivity index (χ4v) is 11.5. The smallest absolute Gasteiger partial charge is 0.431 e. The van der Waals surface area contributed by atoms with Gasteiger partial charge in [-0.2, -0.15) is 49.6 Å². The molecule has 4 heterocycles. The molecule has 12 aromatic carbocycles. The molecule has 4 aromatic heterocycles. The summed E-state index contributed by atoms with van der Waals surface area (Å²) in [5.41, 5.74) is 12.5. The van der Waals surface area contributed by atoms with Crippen molar-refractivity contribution in [2.24, 2.45) is 0 Å². The SMILES string of the molecule is FC(F)(F)c1cc(-c2ccccn2)[n-]n1.[Ir].[c-]1ccc2ccccc2c1-n1[c-][n+](-c2cccc3ccccc23)c(-c2ccccc2)c1-c1ccccc1.[c-]1ccc2ccccc2c1-n1[c-][n+](-c2cccc3ccccc23)c(-c2ccccc2)c1-c1ccccc1. The van der Waals surface area contributed by atoms with Crippen molar-refractivity contribution in [1.82, 2.24) is 24.3 Å². The first kappa shape index (κ1) is 57.9. The van der Waals surface area contributed by atoms with E-state index in [0.29, 0.717) is 5.69 Å². The van der Waals surface area contributed by atoms with Gasteiger partial charge in [0.1, 0.15) is 5.69 Å². The molecule has 1 radical (unpaired) electrons. The number of imidazole rings is 2. The topological polar surface area (TPSA) is 57.5 Å². The van der Waals surface area contributed by atoms with Crippen molar-refractivity contribution in [3.63, 3.8) is 0 Å². The van der Waals surface area contributed by atoms with Gasteiger partial charge in [-0.25, -0.2) is 0 Å². The van der Waals surface area contributed by atoms with Gasteiger partial charge in [0, 0.05) is 32.0 Å². The summed E-state index contributed by atoms with van der Waals surface area (Å²) >= 11 is 0. The van der Waals surface area contributed by atoms with Crippen molar-refractivity contribution in [3.05, 3.63) is 340 Å². The minimum Gasteiger partial charge on any atom is -0.573 e. The van der Waals surface area contributed by atoms with Gasteiger partial charge in [-0.05, 0) is 85.5 Å². The molecule has 0 saturated carbocycles. The quantitative estimate of drug-likeness (QED) is 0.107. The van der Waals surface area contributed by atoms with E-state index in [9.17, 15) is 13.2 Å². The van der Waals surface area contributed by atoms with Crippen LogP contribution in [0, 0.1) is 24.8 Å². The summed E-state index contributed by atoms with van der Waals surface area (Å²) in [6, 6.07) is 110. The van der Waals surface area contributed by atoms with Crippen molar-refractivity contribution in [1.29, 1.82) is 0 Å². The molecule has 16 aromatic rings. The van der Waals surface area contributed by atoms with E-state index >= 15 is 0 Å². The van der Waals surface area contributed by atoms with E-state index in [-0.39, 0.29) is 25.8 Å². The molecule has 0 aliphatic heterocycles. The third kappa shape index (κ3) is 11.5. The summed E-state index contributed by atoms with van der Waals surface area (Å²) in [7, 11) is 0. The first-order chi connectivity index (χ1) is 43.8. The third-order valence-corrected chi connectivity index (χ3v) is 15.5. The second-order valence-electron chi connectivity index (χ2n) is 21.1. The standard InChI is InChI=1S/2C35H23N2.C9H5F3N3.Ir/c2*1-3-15-28(16-4-1)34-35(29-17-5-2-6-18-29)37(33-24-12-20-27-14-8-10-22-31(27)33)25-36(34)32-23-11-19-26-13-7-9-21-30(26)32;10-9(11,12)8-5-7(14-15-8)6-3-1-2-4-13-6;/h2*1-23H;1-5H;/q3*-1;. The molecular weight excluding hydrogens is 1300 g/mol. The second kappa shape index (κ2) is 25.7. The summed E-state index contributed by atoms with van der Waals surface area (Å²) in [6.07, 6.45) is 4.56. The van der Waals surface area contributed by atoms with Crippen LogP contribution in [0.5, 0.6) is 0 Å². The van der Waals surface area contributed by atoms with Crippen LogP contribution in [0.25, 0.3) is 122 Å². The number of pyridine rings is 1. The van der Waals surface area contributed by atoms with Crippen LogP contribution in [0.1, 0.15) is 5.69 Å². The maximum atomic E-state index is 12.2. The van der Waals surface area contributed by atoms with E-state index in [0.717, 1.165) is 84.6 Å². The number of rotatable bonds is 9. The van der Waals surface area contributed by atoms with Gasteiger partial charge in [-0.1, -0.05) is 242 Å². The summed E-state index contributed by atoms with van der Waals surface area (Å²) in [5, 5.41) is 15.9. The third-order valence-electron chi connectivity index (χ3n) is 15.5. The summed E-state index contributed by atoms with van der Waals surface area (Å²) in [4.78, 5) is 3.87. The Balaban J connectivity index is 0.000000134. The normalized spacial score (nSPS) is 11.2. The first-order valence-corrected chi connectivity index (χ1v) is 29.0. The number of fused-ring (bicyclic) bond motifs is 4. The Morgan fingerprint density at radius 3 is 1.14 bits per heavy atom. The average molecular weight is 1350 g/mol. The Hall–Kier alpha value is -11.1. The fraction of sp³-hybridized carbons (Fsp3) is 0.0127. The predicted octanol–water partition coefficient (Wildman–Crippen LogP) is 18.1. The molecule has 7 nitrogen and oxygen atoms in total. The van der Waals surface area contributed by atoms with Crippen LogP contribution in [0.2, 0.25) is 0 Å². The van der Waals surface area contributed by atoms with Crippen LogP contribution >= 0.6 is 0 Å². The van der Waals surface area contributed by atoms with E-state index < -0.39 is 11.9 Å². The number of alkyl halides is 3. The van der Waals surface area contributed by atoms with Gasteiger partial charge in [-0.3, -0.25) is 14.1 Å². The molecule has 90 heavy (non-hydrogen) atoms. The summed E-state index contributed by atoms with van der Waals surface area (Å²) in [6.45, 7) is 0. The molecule has 0 aliphatic rings. The van der Waals surface area contributed by atoms with Gasteiger partial charge in [0.25, 0.3) is 12.7 Å². The van der Waals surface area contributed by atoms with Gasteiger partial charge in [-0.15, -0.1) is 33.7 Å². The Morgan fingerprint density at radius 1 is 0.378 bits per heavy atom. The van der Waals surface area contributed by atoms with Gasteiger partial charge in [0.15, 0.2) is 0 Å². The van der Waals surface area contributed by atoms with E-state index in [1.165, 1.54) is 38.5 Å². The Bertz CT molecular complexity index is 4550. The molecule has 0 bridgehead atoms. The minimum atomic E-state index is -4.46. The zero-order valence-electron chi connectivity index (χ0n) is 48.0. The molecule has 0 spiro atoms. The van der Waals surface area contributed by atoms with Crippen molar-refractivity contribution < 1.29 is 42.4 Å². The van der Waals surface area contributed by atoms with Crippen LogP contribution in [0.4, 0.5) is 13.2 Å². The zero-order chi connectivity index (χ0) is 60.1. The Labute approximate surface area is 531 Å². The Kier molecular flexibility index (Phi) is 16.5. The van der Waals surface area contributed by atoms with Crippen LogP contribution < -0.4 is 14.2 Å². The van der Waals surface area contributed by atoms with Gasteiger partial charge >= 0.3 is 6.18 Å². The number of nitrogens with zero attached hydrogens (tertiary/aromatic N) is 7. The zero-order valence-corrected chi connectivity index (χ0v) is 50.4. The maximum Gasteiger partial charge on any atom is 0.431 e. The number of hydrogen-bond acceptors (Lipinski definition) is 2. The largest absolute Gasteiger partial charge is 0.573 e. The van der Waals surface area contributed by atoms with E-state index in [4.69, 9.17) is 0 Å². The molecule has 16 rings (SSSR count). The van der Waals surface area contributed by atoms with E-state index in [2.05, 4.69) is 325 Å². The second-order valence-corrected chi connectivity index (χ2v) is 21.1. The van der Waals surface area contributed by atoms with Crippen LogP contribution in [-0.4, -0.2) is 19.2 Å². The number of halogens is 3. The molecule has 0 N–H and O–H groups in total. The average Bonchev–Trinajstić information content (AvgIpc) is 1.61. The fourth-order valence-electron chi connectivity index (χ4n) is 11.5. The van der Waals surface area contributed by atoms with Crippen LogP contribution in [0.3, 0.4) is 0 Å². The van der Waals surface area contributed by atoms with Gasteiger partial charge in [0.05, 0.1) is 34.2 Å². The monoisotopic (exact) mass is 1350 g/mol. The molecule has 0 unspecified atom stereocenters. The molecule has 0 aliphatic carbocycles. The van der Waals surface area contributed by atoms with Crippen molar-refractivity contribution in [2.45, 2.75) is 6.18 Å². The van der Waals surface area contributed by atoms with Crippen LogP contribution in [-0.2, 0) is 26.3 Å². The molecular formula is C79H51F3IrN7-3. The number of benzene rings is 12. The van der Waals surface area contributed by atoms with Crippen LogP contribution in [0.15, 0.2) is 310 Å². The first-order valence-electron chi connectivity index (χ1n) is 29.0. The maximum absolute atomic E-state index is 12.2. The van der Waals surface area contributed by atoms with Crippen molar-refractivity contribution in [2.75, 3.05) is 0 Å². The van der Waals surface area contributed by atoms with Gasteiger partial charge < -0.3 is 19.3 Å². The summed E-state index contributed by atoms with van der Waals surface area (Å²) < 4.78 is 45.4. The molecule has 0 atom stereocenters. The molecule has 11 heteroatoms. The summed E-state index contributed by atoms with van der Waals surface area (Å²) in [5.74, 6) is 0. The van der Waals surface area contributed by atoms with Crippen molar-refractivity contribution >= 4 is 43.1 Å². The van der Waals surface area contributed by atoms with Crippen molar-refractivity contribution in [3.8, 4) is 79.2 Å². The predicted molar refractivity (Wildman–Crippen MR) is 348 cm³/mol. The van der Waals surface area contributed by atoms with E-state index in [1.807, 2.05) is 12.1 Å². The molecule has 0 fully saturated rings. The van der Waals surface area contributed by atoms with Gasteiger partial charge in [0.2, 0.25) is 0 Å².